The van der Waals surface area contributed by atoms with Crippen molar-refractivity contribution in [2.24, 2.45) is 0 Å². The standard InChI is InChI=1S/C25H19FN2O2S/c1-2-16-11-13-18(14-12-16)28-24(29)23-22(19-8-4-6-10-21(19)31-23)27(25(28)30)15-17-7-3-5-9-20(17)26/h3-14H,2,15H2,1H3. The Morgan fingerprint density at radius 2 is 1.61 bits per heavy atom. The van der Waals surface area contributed by atoms with Gasteiger partial charge in [0.25, 0.3) is 5.56 Å². The molecule has 5 rings (SSSR count). The van der Waals surface area contributed by atoms with Crippen molar-refractivity contribution in [3.05, 3.63) is 111 Å². The topological polar surface area (TPSA) is 44.0 Å². The summed E-state index contributed by atoms with van der Waals surface area (Å²) in [6.45, 7) is 2.09. The van der Waals surface area contributed by atoms with Crippen LogP contribution in [0.2, 0.25) is 0 Å². The maximum atomic E-state index is 14.5. The second kappa shape index (κ2) is 7.63. The number of aromatic nitrogens is 2. The lowest BCUT2D eigenvalue weighted by atomic mass is 10.1. The number of halogens is 1. The van der Waals surface area contributed by atoms with Crippen molar-refractivity contribution >= 4 is 31.6 Å². The predicted molar refractivity (Wildman–Crippen MR) is 124 cm³/mol. The van der Waals surface area contributed by atoms with E-state index >= 15 is 0 Å². The number of hydrogen-bond acceptors (Lipinski definition) is 3. The summed E-state index contributed by atoms with van der Waals surface area (Å²) in [6.07, 6.45) is 0.863. The molecule has 0 bridgehead atoms. The van der Waals surface area contributed by atoms with Crippen molar-refractivity contribution in [2.45, 2.75) is 19.9 Å². The van der Waals surface area contributed by atoms with E-state index in [0.29, 0.717) is 21.5 Å². The number of nitrogens with zero attached hydrogens (tertiary/aromatic N) is 2. The van der Waals surface area contributed by atoms with Gasteiger partial charge in [-0.05, 0) is 36.2 Å². The third-order valence-electron chi connectivity index (χ3n) is 5.55. The fourth-order valence-electron chi connectivity index (χ4n) is 3.90. The van der Waals surface area contributed by atoms with Crippen LogP contribution in [-0.4, -0.2) is 9.13 Å². The highest BCUT2D eigenvalue weighted by atomic mass is 32.1. The summed E-state index contributed by atoms with van der Waals surface area (Å²) in [5, 5.41) is 0.821. The van der Waals surface area contributed by atoms with Crippen molar-refractivity contribution in [3.8, 4) is 5.69 Å². The number of benzene rings is 3. The van der Waals surface area contributed by atoms with E-state index < -0.39 is 5.69 Å². The Hall–Kier alpha value is -3.51. The second-order valence-corrected chi connectivity index (χ2v) is 8.45. The van der Waals surface area contributed by atoms with E-state index in [1.807, 2.05) is 43.3 Å². The second-order valence-electron chi connectivity index (χ2n) is 7.40. The molecular formula is C25H19FN2O2S. The Morgan fingerprint density at radius 1 is 0.903 bits per heavy atom. The van der Waals surface area contributed by atoms with E-state index in [2.05, 4.69) is 0 Å². The quantitative estimate of drug-likeness (QED) is 0.397. The molecule has 0 atom stereocenters. The first-order chi connectivity index (χ1) is 15.1. The predicted octanol–water partition coefficient (Wildman–Crippen LogP) is 5.12. The summed E-state index contributed by atoms with van der Waals surface area (Å²) < 4.78 is 18.6. The molecule has 0 aliphatic heterocycles. The van der Waals surface area contributed by atoms with Crippen LogP contribution in [0.3, 0.4) is 0 Å². The summed E-state index contributed by atoms with van der Waals surface area (Å²) in [7, 11) is 0. The average molecular weight is 431 g/mol. The molecular weight excluding hydrogens is 411 g/mol. The normalized spacial score (nSPS) is 11.4. The van der Waals surface area contributed by atoms with Crippen LogP contribution in [0.15, 0.2) is 82.4 Å². The summed E-state index contributed by atoms with van der Waals surface area (Å²) in [6, 6.07) is 21.4. The van der Waals surface area contributed by atoms with Gasteiger partial charge in [-0.3, -0.25) is 9.36 Å². The highest BCUT2D eigenvalue weighted by molar-refractivity contribution is 7.25. The van der Waals surface area contributed by atoms with Gasteiger partial charge < -0.3 is 0 Å². The van der Waals surface area contributed by atoms with Crippen molar-refractivity contribution in [1.29, 1.82) is 0 Å². The first-order valence-electron chi connectivity index (χ1n) is 10.1. The van der Waals surface area contributed by atoms with E-state index in [4.69, 9.17) is 0 Å². The van der Waals surface area contributed by atoms with Gasteiger partial charge in [-0.1, -0.05) is 55.5 Å². The summed E-state index contributed by atoms with van der Waals surface area (Å²) >= 11 is 1.36. The SMILES string of the molecule is CCc1ccc(-n2c(=O)c3sc4ccccc4c3n(Cc3ccccc3F)c2=O)cc1. The Balaban J connectivity index is 1.87. The minimum atomic E-state index is -0.478. The van der Waals surface area contributed by atoms with Crippen LogP contribution in [0.5, 0.6) is 0 Å². The lowest BCUT2D eigenvalue weighted by molar-refractivity contribution is 0.595. The Bertz CT molecular complexity index is 1540. The van der Waals surface area contributed by atoms with Crippen LogP contribution < -0.4 is 11.2 Å². The van der Waals surface area contributed by atoms with Crippen molar-refractivity contribution < 1.29 is 4.39 Å². The molecule has 2 heterocycles. The van der Waals surface area contributed by atoms with E-state index in [1.165, 1.54) is 26.5 Å². The zero-order valence-electron chi connectivity index (χ0n) is 16.8. The fraction of sp³-hybridized carbons (Fsp3) is 0.120. The lowest BCUT2D eigenvalue weighted by Crippen LogP contribution is -2.38. The Kier molecular flexibility index (Phi) is 4.79. The van der Waals surface area contributed by atoms with Gasteiger partial charge in [0.1, 0.15) is 10.5 Å². The number of rotatable bonds is 4. The van der Waals surface area contributed by atoms with Gasteiger partial charge in [0.05, 0.1) is 17.7 Å². The molecule has 0 spiro atoms. The molecule has 31 heavy (non-hydrogen) atoms. The van der Waals surface area contributed by atoms with Crippen molar-refractivity contribution in [3.63, 3.8) is 0 Å². The van der Waals surface area contributed by atoms with Crippen LogP contribution in [0, 0.1) is 5.82 Å². The molecule has 154 valence electrons. The van der Waals surface area contributed by atoms with Crippen LogP contribution in [-0.2, 0) is 13.0 Å². The smallest absolute Gasteiger partial charge is 0.287 e. The summed E-state index contributed by atoms with van der Waals surface area (Å²) in [5.74, 6) is -0.382. The molecule has 0 saturated heterocycles. The third kappa shape index (κ3) is 3.20. The third-order valence-corrected chi connectivity index (χ3v) is 6.70. The highest BCUT2D eigenvalue weighted by Gasteiger charge is 2.20. The van der Waals surface area contributed by atoms with Gasteiger partial charge in [-0.25, -0.2) is 13.8 Å². The summed E-state index contributed by atoms with van der Waals surface area (Å²) in [4.78, 5) is 27.1. The van der Waals surface area contributed by atoms with Gasteiger partial charge >= 0.3 is 5.69 Å². The molecule has 5 aromatic rings. The summed E-state index contributed by atoms with van der Waals surface area (Å²) in [5.41, 5.74) is 1.75. The van der Waals surface area contributed by atoms with Crippen molar-refractivity contribution in [1.82, 2.24) is 9.13 Å². The number of fused-ring (bicyclic) bond motifs is 3. The number of hydrogen-bond donors (Lipinski definition) is 0. The molecule has 0 amide bonds. The first kappa shape index (κ1) is 19.5. The molecule has 4 nitrogen and oxygen atoms in total. The maximum Gasteiger partial charge on any atom is 0.336 e. The van der Waals surface area contributed by atoms with Gasteiger partial charge in [-0.15, -0.1) is 11.3 Å². The van der Waals surface area contributed by atoms with Gasteiger partial charge in [0, 0.05) is 15.6 Å². The lowest BCUT2D eigenvalue weighted by Gasteiger charge is -2.13. The molecule has 0 unspecified atom stereocenters. The molecule has 0 fully saturated rings. The minimum Gasteiger partial charge on any atom is -0.287 e. The maximum absolute atomic E-state index is 14.5. The van der Waals surface area contributed by atoms with E-state index in [-0.39, 0.29) is 17.9 Å². The number of aryl methyl sites for hydroxylation is 1. The van der Waals surface area contributed by atoms with Crippen LogP contribution in [0.1, 0.15) is 18.1 Å². The van der Waals surface area contributed by atoms with Crippen LogP contribution in [0.25, 0.3) is 26.0 Å². The van der Waals surface area contributed by atoms with Crippen LogP contribution in [0.4, 0.5) is 4.39 Å². The molecule has 0 aliphatic carbocycles. The van der Waals surface area contributed by atoms with Gasteiger partial charge in [0.2, 0.25) is 0 Å². The Morgan fingerprint density at radius 3 is 2.35 bits per heavy atom. The molecule has 0 N–H and O–H groups in total. The highest BCUT2D eigenvalue weighted by Crippen LogP contribution is 2.31. The zero-order chi connectivity index (χ0) is 21.5. The minimum absolute atomic E-state index is 0.0378. The molecule has 0 radical (unpaired) electrons. The van der Waals surface area contributed by atoms with Crippen molar-refractivity contribution in [2.75, 3.05) is 0 Å². The number of thiophene rings is 1. The van der Waals surface area contributed by atoms with Gasteiger partial charge in [0.15, 0.2) is 0 Å². The molecule has 2 aromatic heterocycles. The first-order valence-corrected chi connectivity index (χ1v) is 10.9. The monoisotopic (exact) mass is 430 g/mol. The molecule has 3 aromatic carbocycles. The molecule has 6 heteroatoms. The fourth-order valence-corrected chi connectivity index (χ4v) is 5.04. The Labute approximate surface area is 181 Å². The average Bonchev–Trinajstić information content (AvgIpc) is 3.18. The van der Waals surface area contributed by atoms with Crippen LogP contribution >= 0.6 is 11.3 Å². The van der Waals surface area contributed by atoms with E-state index in [1.54, 1.807) is 30.3 Å². The van der Waals surface area contributed by atoms with Gasteiger partial charge in [-0.2, -0.15) is 0 Å². The zero-order valence-corrected chi connectivity index (χ0v) is 17.7. The largest absolute Gasteiger partial charge is 0.336 e. The van der Waals surface area contributed by atoms with E-state index in [0.717, 1.165) is 22.1 Å². The molecule has 0 aliphatic rings. The molecule has 0 saturated carbocycles. The van der Waals surface area contributed by atoms with E-state index in [9.17, 15) is 14.0 Å².